The van der Waals surface area contributed by atoms with Crippen LogP contribution in [0.3, 0.4) is 0 Å². The first-order valence-corrected chi connectivity index (χ1v) is 26.6. The van der Waals surface area contributed by atoms with E-state index in [9.17, 15) is 45.3 Å². The van der Waals surface area contributed by atoms with Crippen LogP contribution in [0.2, 0.25) is 0 Å². The number of hydrogen-bond donors (Lipinski definition) is 7. The number of ether oxygens (including phenoxy) is 6. The summed E-state index contributed by atoms with van der Waals surface area (Å²) < 4.78 is 33.5. The van der Waals surface area contributed by atoms with Crippen molar-refractivity contribution in [3.05, 3.63) is 36.5 Å². The molecule has 15 heteroatoms. The quantitative estimate of drug-likeness (QED) is 0.0177. The van der Waals surface area contributed by atoms with E-state index in [1.165, 1.54) is 122 Å². The van der Waals surface area contributed by atoms with Crippen molar-refractivity contribution in [1.29, 1.82) is 0 Å². The molecule has 0 aromatic carbocycles. The Morgan fingerprint density at radius 2 is 0.912 bits per heavy atom. The molecular weight excluding hydrogens is 877 g/mol. The smallest absolute Gasteiger partial charge is 0.306 e. The average molecular weight is 971 g/mol. The molecule has 15 nitrogen and oxygen atoms in total. The van der Waals surface area contributed by atoms with Crippen molar-refractivity contribution in [2.24, 2.45) is 0 Å². The highest BCUT2D eigenvalue weighted by Crippen LogP contribution is 2.26. The van der Waals surface area contributed by atoms with Crippen molar-refractivity contribution in [1.82, 2.24) is 0 Å². The summed E-state index contributed by atoms with van der Waals surface area (Å²) in [6, 6.07) is 0. The Bertz CT molecular complexity index is 1330. The molecule has 0 aromatic heterocycles. The van der Waals surface area contributed by atoms with E-state index in [-0.39, 0.29) is 19.4 Å². The van der Waals surface area contributed by atoms with Crippen LogP contribution in [0.4, 0.5) is 0 Å². The van der Waals surface area contributed by atoms with Crippen LogP contribution >= 0.6 is 0 Å². The van der Waals surface area contributed by atoms with Crippen molar-refractivity contribution in [3.63, 3.8) is 0 Å². The fraction of sp³-hybridized carbons (Fsp3) is 0.849. The number of allylic oxidation sites excluding steroid dienone is 6. The summed E-state index contributed by atoms with van der Waals surface area (Å²) in [6.07, 6.45) is 26.2. The van der Waals surface area contributed by atoms with E-state index in [1.807, 2.05) is 12.2 Å². The maximum absolute atomic E-state index is 13.0. The van der Waals surface area contributed by atoms with E-state index in [4.69, 9.17) is 28.4 Å². The normalized spacial score (nSPS) is 26.0. The number of rotatable bonds is 41. The van der Waals surface area contributed by atoms with E-state index in [0.717, 1.165) is 25.7 Å². The van der Waals surface area contributed by atoms with Crippen molar-refractivity contribution in [3.8, 4) is 0 Å². The summed E-state index contributed by atoms with van der Waals surface area (Å²) in [5.74, 6) is -1.03. The Hall–Kier alpha value is -2.28. The molecule has 2 aliphatic rings. The van der Waals surface area contributed by atoms with Gasteiger partial charge in [-0.15, -0.1) is 0 Å². The molecule has 2 aliphatic heterocycles. The zero-order chi connectivity index (χ0) is 49.6. The van der Waals surface area contributed by atoms with Gasteiger partial charge in [-0.25, -0.2) is 0 Å². The molecule has 0 radical (unpaired) electrons. The third-order valence-corrected chi connectivity index (χ3v) is 12.6. The molecule has 0 aliphatic carbocycles. The Morgan fingerprint density at radius 3 is 1.44 bits per heavy atom. The predicted octanol–water partition coefficient (Wildman–Crippen LogP) is 7.71. The molecule has 0 saturated carbocycles. The first kappa shape index (κ1) is 61.8. The lowest BCUT2D eigenvalue weighted by Gasteiger charge is -2.42. The van der Waals surface area contributed by atoms with Gasteiger partial charge >= 0.3 is 11.9 Å². The summed E-state index contributed by atoms with van der Waals surface area (Å²) in [6.45, 7) is 2.52. The second kappa shape index (κ2) is 40.3. The minimum absolute atomic E-state index is 0.0952. The molecule has 68 heavy (non-hydrogen) atoms. The fourth-order valence-corrected chi connectivity index (χ4v) is 8.22. The van der Waals surface area contributed by atoms with Gasteiger partial charge in [0.15, 0.2) is 18.7 Å². The molecule has 7 N–H and O–H groups in total. The van der Waals surface area contributed by atoms with Crippen molar-refractivity contribution in [2.75, 3.05) is 26.4 Å². The molecule has 0 bridgehead atoms. The molecule has 0 amide bonds. The van der Waals surface area contributed by atoms with E-state index in [2.05, 4.69) is 38.2 Å². The Balaban J connectivity index is 1.83. The number of carbonyl (C=O) groups is 2. The van der Waals surface area contributed by atoms with Crippen LogP contribution in [-0.4, -0.2) is 142 Å². The van der Waals surface area contributed by atoms with E-state index in [1.54, 1.807) is 0 Å². The van der Waals surface area contributed by atoms with Crippen LogP contribution in [0, 0.1) is 0 Å². The largest absolute Gasteiger partial charge is 0.462 e. The summed E-state index contributed by atoms with van der Waals surface area (Å²) in [5, 5.41) is 72.1. The molecule has 2 saturated heterocycles. The molecular formula is C53H94O15. The number of unbranched alkanes of at least 4 members (excludes halogenated alkanes) is 21. The molecule has 0 spiro atoms. The van der Waals surface area contributed by atoms with E-state index >= 15 is 0 Å². The zero-order valence-electron chi connectivity index (χ0n) is 41.8. The Kier molecular flexibility index (Phi) is 36.7. The average Bonchev–Trinajstić information content (AvgIpc) is 3.33. The highest BCUT2D eigenvalue weighted by molar-refractivity contribution is 5.70. The highest BCUT2D eigenvalue weighted by atomic mass is 16.7. The van der Waals surface area contributed by atoms with Gasteiger partial charge in [0.25, 0.3) is 0 Å². The third-order valence-electron chi connectivity index (χ3n) is 12.6. The minimum atomic E-state index is -1.78. The molecule has 11 atom stereocenters. The van der Waals surface area contributed by atoms with Gasteiger partial charge in [0.1, 0.15) is 55.4 Å². The van der Waals surface area contributed by atoms with Crippen LogP contribution in [0.5, 0.6) is 0 Å². The van der Waals surface area contributed by atoms with Gasteiger partial charge in [-0.05, 0) is 51.4 Å². The first-order chi connectivity index (χ1) is 33.0. The zero-order valence-corrected chi connectivity index (χ0v) is 41.8. The van der Waals surface area contributed by atoms with E-state index in [0.29, 0.717) is 19.3 Å². The number of esters is 2. The predicted molar refractivity (Wildman–Crippen MR) is 261 cm³/mol. The Morgan fingerprint density at radius 1 is 0.471 bits per heavy atom. The van der Waals surface area contributed by atoms with Gasteiger partial charge in [0.05, 0.1) is 19.8 Å². The standard InChI is InChI=1S/C53H94O15/c1-3-5-7-9-11-13-15-17-19-20-22-24-26-28-30-32-34-36-45(56)66-41(38-63-44(55)35-33-31-29-27-25-23-21-18-16-14-12-10-8-6-4-2)39-64-52-51(62)49(60)47(58)43(68-52)40-65-53-50(61)48(59)46(57)42(37-54)67-53/h22,24,28-31,41-43,46-54,57-62H,3-21,23,25-27,32-40H2,1-2H3/b24-22+,30-28+,31-29+/t41-,42+,43+,46-,47-,48?,49?,50?,51?,52+,53+/m1/s1. The summed E-state index contributed by atoms with van der Waals surface area (Å²) in [5.41, 5.74) is 0. The van der Waals surface area contributed by atoms with Crippen LogP contribution in [0.15, 0.2) is 36.5 Å². The Labute approximate surface area is 408 Å². The number of carbonyl (C=O) groups excluding carboxylic acids is 2. The second-order valence-electron chi connectivity index (χ2n) is 18.7. The monoisotopic (exact) mass is 971 g/mol. The lowest BCUT2D eigenvalue weighted by molar-refractivity contribution is -0.332. The number of hydrogen-bond acceptors (Lipinski definition) is 15. The van der Waals surface area contributed by atoms with Gasteiger partial charge in [-0.2, -0.15) is 0 Å². The topological polar surface area (TPSA) is 231 Å². The lowest BCUT2D eigenvalue weighted by atomic mass is 9.98. The molecule has 4 unspecified atom stereocenters. The van der Waals surface area contributed by atoms with Gasteiger partial charge in [0, 0.05) is 12.8 Å². The highest BCUT2D eigenvalue weighted by Gasteiger charge is 2.47. The van der Waals surface area contributed by atoms with Gasteiger partial charge < -0.3 is 64.2 Å². The third kappa shape index (κ3) is 27.9. The SMILES string of the molecule is CCCCCCCCCCC/C=C/C/C=C/CCCC(=O)O[C@H](COC(=O)CC/C=C/CCCCCCCCCCCCC)CO[C@H]1O[C@@H](CO[C@H]2O[C@@H](CO)[C@@H](O)C(O)C2O)[C@@H](O)C(O)C1O. The molecule has 0 aromatic rings. The maximum Gasteiger partial charge on any atom is 0.306 e. The van der Waals surface area contributed by atoms with Crippen LogP contribution < -0.4 is 0 Å². The van der Waals surface area contributed by atoms with Gasteiger partial charge in [0.2, 0.25) is 0 Å². The molecule has 396 valence electrons. The summed E-state index contributed by atoms with van der Waals surface area (Å²) in [4.78, 5) is 25.7. The van der Waals surface area contributed by atoms with Crippen molar-refractivity contribution >= 4 is 11.9 Å². The van der Waals surface area contributed by atoms with Crippen LogP contribution in [0.25, 0.3) is 0 Å². The molecule has 2 heterocycles. The van der Waals surface area contributed by atoms with Crippen LogP contribution in [0.1, 0.15) is 194 Å². The second-order valence-corrected chi connectivity index (χ2v) is 18.7. The lowest BCUT2D eigenvalue weighted by Crippen LogP contribution is -2.61. The van der Waals surface area contributed by atoms with Gasteiger partial charge in [-0.3, -0.25) is 9.59 Å². The number of aliphatic hydroxyl groups is 7. The molecule has 2 fully saturated rings. The van der Waals surface area contributed by atoms with E-state index < -0.39 is 99.3 Å². The minimum Gasteiger partial charge on any atom is -0.462 e. The van der Waals surface area contributed by atoms with Crippen molar-refractivity contribution < 1.29 is 73.8 Å². The first-order valence-electron chi connectivity index (χ1n) is 26.6. The van der Waals surface area contributed by atoms with Crippen LogP contribution in [-0.2, 0) is 38.0 Å². The number of aliphatic hydroxyl groups excluding tert-OH is 7. The van der Waals surface area contributed by atoms with Gasteiger partial charge in [-0.1, -0.05) is 166 Å². The fourth-order valence-electron chi connectivity index (χ4n) is 8.22. The molecule has 2 rings (SSSR count). The summed E-state index contributed by atoms with van der Waals surface area (Å²) in [7, 11) is 0. The van der Waals surface area contributed by atoms with Crippen molar-refractivity contribution in [2.45, 2.75) is 261 Å². The summed E-state index contributed by atoms with van der Waals surface area (Å²) >= 11 is 0. The maximum atomic E-state index is 13.0.